The summed E-state index contributed by atoms with van der Waals surface area (Å²) in [4.78, 5) is 16.0. The number of piperidine rings is 1. The van der Waals surface area contributed by atoms with Crippen molar-refractivity contribution in [3.05, 3.63) is 93.0 Å². The molecule has 2 heterocycles. The molecule has 3 N–H and O–H groups in total. The lowest BCUT2D eigenvalue weighted by molar-refractivity contribution is -0.191. The molecular formula is C33H34Cl2N2O4. The van der Waals surface area contributed by atoms with Gasteiger partial charge >= 0.3 is 0 Å². The molecule has 4 aliphatic rings. The van der Waals surface area contributed by atoms with Crippen molar-refractivity contribution in [2.45, 2.75) is 74.1 Å². The van der Waals surface area contributed by atoms with Gasteiger partial charge in [0.05, 0.1) is 33.0 Å². The number of hydrogen-bond donors (Lipinski definition) is 3. The Labute approximate surface area is 250 Å². The van der Waals surface area contributed by atoms with E-state index < -0.39 is 23.0 Å². The summed E-state index contributed by atoms with van der Waals surface area (Å²) in [6.45, 7) is 3.52. The highest BCUT2D eigenvalue weighted by Gasteiger charge is 2.73. The number of carbonyl (C=O) groups excluding carboxylic acids is 1. The van der Waals surface area contributed by atoms with E-state index in [4.69, 9.17) is 27.9 Å². The summed E-state index contributed by atoms with van der Waals surface area (Å²) in [6.07, 6.45) is 2.96. The third-order valence-corrected chi connectivity index (χ3v) is 11.0. The van der Waals surface area contributed by atoms with Crippen molar-refractivity contribution in [3.63, 3.8) is 0 Å². The average molecular weight is 594 g/mol. The number of nitrogens with zero attached hydrogens (tertiary/aromatic N) is 1. The average Bonchev–Trinajstić information content (AvgIpc) is 3.33. The molecular weight excluding hydrogens is 559 g/mol. The molecule has 1 saturated heterocycles. The van der Waals surface area contributed by atoms with Gasteiger partial charge in [0.2, 0.25) is 5.91 Å². The summed E-state index contributed by atoms with van der Waals surface area (Å²) in [6, 6.07) is 19.0. The van der Waals surface area contributed by atoms with Crippen LogP contribution in [0.2, 0.25) is 10.0 Å². The van der Waals surface area contributed by atoms with E-state index >= 15 is 0 Å². The molecule has 1 amide bonds. The Morgan fingerprint density at radius 1 is 1.12 bits per heavy atom. The zero-order chi connectivity index (χ0) is 28.5. The van der Waals surface area contributed by atoms with Gasteiger partial charge in [-0.05, 0) is 80.5 Å². The molecule has 2 aliphatic carbocycles. The van der Waals surface area contributed by atoms with Gasteiger partial charge < -0.3 is 20.3 Å². The topological polar surface area (TPSA) is 82.0 Å². The number of nitrogens with one attached hydrogen (secondary N) is 1. The summed E-state index contributed by atoms with van der Waals surface area (Å²) in [7, 11) is 0. The minimum absolute atomic E-state index is 0.0687. The second-order valence-corrected chi connectivity index (χ2v) is 13.0. The van der Waals surface area contributed by atoms with Crippen molar-refractivity contribution < 1.29 is 19.7 Å². The summed E-state index contributed by atoms with van der Waals surface area (Å²) in [5.41, 5.74) is 2.40. The van der Waals surface area contributed by atoms with Crippen LogP contribution in [0, 0.1) is 0 Å². The van der Waals surface area contributed by atoms with Gasteiger partial charge in [0, 0.05) is 18.2 Å². The normalized spacial score (nSPS) is 30.3. The lowest BCUT2D eigenvalue weighted by Crippen LogP contribution is -2.78. The number of likely N-dealkylation sites (tertiary alicyclic amines) is 1. The van der Waals surface area contributed by atoms with E-state index in [9.17, 15) is 15.0 Å². The van der Waals surface area contributed by atoms with Crippen molar-refractivity contribution in [2.24, 2.45) is 0 Å². The first kappa shape index (κ1) is 27.1. The van der Waals surface area contributed by atoms with Crippen molar-refractivity contribution in [1.82, 2.24) is 10.2 Å². The zero-order valence-corrected chi connectivity index (χ0v) is 24.5. The van der Waals surface area contributed by atoms with Crippen LogP contribution in [0.5, 0.6) is 11.5 Å². The third kappa shape index (κ3) is 4.02. The molecule has 3 unspecified atom stereocenters. The van der Waals surface area contributed by atoms with Crippen molar-refractivity contribution in [3.8, 4) is 11.5 Å². The largest absolute Gasteiger partial charge is 0.504 e. The second-order valence-electron chi connectivity index (χ2n) is 12.2. The number of phenolic OH excluding ortho intramolecular Hbond substituents is 1. The molecule has 2 fully saturated rings. The van der Waals surface area contributed by atoms with Gasteiger partial charge in [-0.25, -0.2) is 0 Å². The molecule has 0 aromatic heterocycles. The Morgan fingerprint density at radius 2 is 1.93 bits per heavy atom. The fourth-order valence-electron chi connectivity index (χ4n) is 8.20. The number of carbonyl (C=O) groups is 1. The molecule has 1 spiro atoms. The van der Waals surface area contributed by atoms with Crippen LogP contribution in [0.4, 0.5) is 0 Å². The first-order valence-electron chi connectivity index (χ1n) is 14.5. The summed E-state index contributed by atoms with van der Waals surface area (Å²) >= 11 is 12.3. The van der Waals surface area contributed by atoms with Gasteiger partial charge in [-0.2, -0.15) is 0 Å². The molecule has 2 aliphatic heterocycles. The Balaban J connectivity index is 1.20. The molecule has 1 saturated carbocycles. The molecule has 41 heavy (non-hydrogen) atoms. The fraction of sp³-hybridized carbons (Fsp3) is 0.424. The van der Waals surface area contributed by atoms with Crippen LogP contribution in [0.25, 0.3) is 0 Å². The Kier molecular flexibility index (Phi) is 6.55. The maximum atomic E-state index is 13.6. The van der Waals surface area contributed by atoms with Crippen molar-refractivity contribution >= 4 is 29.1 Å². The van der Waals surface area contributed by atoms with Crippen LogP contribution in [0.15, 0.2) is 60.7 Å². The number of halogens is 2. The van der Waals surface area contributed by atoms with E-state index in [2.05, 4.69) is 34.5 Å². The smallest absolute Gasteiger partial charge is 0.227 e. The van der Waals surface area contributed by atoms with Crippen LogP contribution in [-0.2, 0) is 23.1 Å². The first-order chi connectivity index (χ1) is 19.7. The van der Waals surface area contributed by atoms with E-state index in [1.807, 2.05) is 25.1 Å². The van der Waals surface area contributed by atoms with Crippen molar-refractivity contribution in [1.29, 1.82) is 0 Å². The van der Waals surface area contributed by atoms with Crippen molar-refractivity contribution in [2.75, 3.05) is 13.1 Å². The van der Waals surface area contributed by atoms with Gasteiger partial charge in [0.1, 0.15) is 6.10 Å². The highest BCUT2D eigenvalue weighted by Crippen LogP contribution is 2.65. The highest BCUT2D eigenvalue weighted by atomic mass is 35.5. The molecule has 2 bridgehead atoms. The predicted molar refractivity (Wildman–Crippen MR) is 159 cm³/mol. The monoisotopic (exact) mass is 592 g/mol. The third-order valence-electron chi connectivity index (χ3n) is 10.3. The van der Waals surface area contributed by atoms with Crippen LogP contribution in [0.3, 0.4) is 0 Å². The number of phenols is 1. The van der Waals surface area contributed by atoms with Gasteiger partial charge in [-0.1, -0.05) is 65.7 Å². The molecule has 8 heteroatoms. The number of benzene rings is 3. The number of aliphatic hydroxyl groups is 1. The number of ether oxygens (including phenoxy) is 1. The molecule has 3 aromatic carbocycles. The molecule has 6 atom stereocenters. The van der Waals surface area contributed by atoms with Gasteiger partial charge in [0.15, 0.2) is 11.5 Å². The minimum Gasteiger partial charge on any atom is -0.504 e. The van der Waals surface area contributed by atoms with Crippen LogP contribution in [0.1, 0.15) is 54.4 Å². The quantitative estimate of drug-likeness (QED) is 0.358. The van der Waals surface area contributed by atoms with E-state index in [1.54, 1.807) is 18.2 Å². The highest BCUT2D eigenvalue weighted by molar-refractivity contribution is 6.42. The summed E-state index contributed by atoms with van der Waals surface area (Å²) in [5.74, 6) is -0.0171. The van der Waals surface area contributed by atoms with E-state index in [1.165, 1.54) is 5.56 Å². The standard InChI is InChI=1S/C33H34Cl2N2O4/c1-19(21-7-9-23(34)24(35)17-21)31(39)36-25-11-13-33(40)27-18-22-8-10-26(38)29-28(22)32(33,30(25)41-29)14-16-37(27)15-12-20-5-3-2-4-6-20/h2-10,17,19,25,27,30,38,40H,11-16,18H2,1H3,(H,36,39)/t19?,25?,27-,30?,32+,33-/m1/s1. The van der Waals surface area contributed by atoms with Gasteiger partial charge in [0.25, 0.3) is 0 Å². The summed E-state index contributed by atoms with van der Waals surface area (Å²) in [5, 5.41) is 27.7. The maximum absolute atomic E-state index is 13.6. The minimum atomic E-state index is -1.03. The maximum Gasteiger partial charge on any atom is 0.227 e. The molecule has 7 rings (SSSR count). The molecule has 0 radical (unpaired) electrons. The van der Waals surface area contributed by atoms with E-state index in [0.29, 0.717) is 41.5 Å². The Morgan fingerprint density at radius 3 is 2.71 bits per heavy atom. The Hall–Kier alpha value is -2.77. The number of rotatable bonds is 6. The van der Waals surface area contributed by atoms with Crippen LogP contribution >= 0.6 is 23.2 Å². The lowest BCUT2D eigenvalue weighted by Gasteiger charge is -2.64. The lowest BCUT2D eigenvalue weighted by atomic mass is 9.48. The number of hydrogen-bond acceptors (Lipinski definition) is 5. The zero-order valence-electron chi connectivity index (χ0n) is 22.9. The predicted octanol–water partition coefficient (Wildman–Crippen LogP) is 5.38. The van der Waals surface area contributed by atoms with E-state index in [-0.39, 0.29) is 23.7 Å². The van der Waals surface area contributed by atoms with Crippen LogP contribution < -0.4 is 10.1 Å². The Bertz CT molecular complexity index is 1520. The van der Waals surface area contributed by atoms with Crippen LogP contribution in [-0.4, -0.2) is 57.9 Å². The molecule has 3 aromatic rings. The van der Waals surface area contributed by atoms with Gasteiger partial charge in [-0.15, -0.1) is 0 Å². The fourth-order valence-corrected chi connectivity index (χ4v) is 8.51. The summed E-state index contributed by atoms with van der Waals surface area (Å²) < 4.78 is 6.59. The van der Waals surface area contributed by atoms with Gasteiger partial charge in [-0.3, -0.25) is 9.69 Å². The molecule has 214 valence electrons. The SMILES string of the molecule is CC(C(=O)NC1CC[C@@]2(O)[C@H]3Cc4ccc(O)c5c4[C@@]2(CCN3CCc2ccccc2)C1O5)c1ccc(Cl)c(Cl)c1. The number of aromatic hydroxyl groups is 1. The second kappa shape index (κ2) is 9.91. The number of amides is 1. The molecule has 6 nitrogen and oxygen atoms in total. The first-order valence-corrected chi connectivity index (χ1v) is 15.3. The van der Waals surface area contributed by atoms with E-state index in [0.717, 1.165) is 36.2 Å².